The van der Waals surface area contributed by atoms with Crippen LogP contribution in [0.25, 0.3) is 0 Å². The summed E-state index contributed by atoms with van der Waals surface area (Å²) < 4.78 is 54.7. The van der Waals surface area contributed by atoms with Crippen LogP contribution in [0.3, 0.4) is 0 Å². The summed E-state index contributed by atoms with van der Waals surface area (Å²) in [5.74, 6) is -5.41. The van der Waals surface area contributed by atoms with Crippen molar-refractivity contribution in [3.8, 4) is 0 Å². The molecule has 3 amide bonds. The van der Waals surface area contributed by atoms with E-state index in [0.717, 1.165) is 6.07 Å². The molecule has 3 aliphatic rings. The van der Waals surface area contributed by atoms with E-state index in [9.17, 15) is 27.2 Å². The van der Waals surface area contributed by atoms with E-state index in [2.05, 4.69) is 16.0 Å². The zero-order valence-corrected chi connectivity index (χ0v) is 15.4. The van der Waals surface area contributed by atoms with Crippen molar-refractivity contribution >= 4 is 23.5 Å². The van der Waals surface area contributed by atoms with Crippen LogP contribution in [0.4, 0.5) is 22.4 Å². The van der Waals surface area contributed by atoms with Gasteiger partial charge in [0.1, 0.15) is 22.7 Å². The first kappa shape index (κ1) is 19.3. The number of benzene rings is 1. The summed E-state index contributed by atoms with van der Waals surface area (Å²) in [6, 6.07) is 0.0175. The van der Waals surface area contributed by atoms with Gasteiger partial charge >= 0.3 is 6.03 Å². The second-order valence-electron chi connectivity index (χ2n) is 8.04. The van der Waals surface area contributed by atoms with Crippen molar-refractivity contribution in [2.24, 2.45) is 11.3 Å². The van der Waals surface area contributed by atoms with E-state index in [-0.39, 0.29) is 30.9 Å². The standard InChI is InChI=1S/C18H18ClF4N3O2/c19-12-10(20)2-1-9(13(12)21)14(26-15(27)11-5-24-16(28)25-11)8-3-17(4-8)6-18(22,23)7-17/h1-2,8,11,14H,3-7H2,(H,26,27)(H2,24,25,28)/t11-,14+/m0/s1. The number of amides is 3. The predicted molar refractivity (Wildman–Crippen MR) is 91.9 cm³/mol. The lowest BCUT2D eigenvalue weighted by Gasteiger charge is -2.59. The molecule has 1 aliphatic heterocycles. The van der Waals surface area contributed by atoms with E-state index in [1.54, 1.807) is 0 Å². The number of carbonyl (C=O) groups is 2. The fraction of sp³-hybridized carbons (Fsp3) is 0.556. The molecule has 3 N–H and O–H groups in total. The van der Waals surface area contributed by atoms with Crippen LogP contribution in [0.15, 0.2) is 12.1 Å². The number of hydrogen-bond acceptors (Lipinski definition) is 2. The zero-order valence-electron chi connectivity index (χ0n) is 14.6. The molecule has 1 spiro atoms. The first-order valence-electron chi connectivity index (χ1n) is 8.95. The topological polar surface area (TPSA) is 70.2 Å². The summed E-state index contributed by atoms with van der Waals surface area (Å²) in [5, 5.41) is 6.89. The van der Waals surface area contributed by atoms with Crippen molar-refractivity contribution in [3.63, 3.8) is 0 Å². The lowest BCUT2D eigenvalue weighted by atomic mass is 9.48. The lowest BCUT2D eigenvalue weighted by molar-refractivity contribution is -0.210. The Kier molecular flexibility index (Phi) is 4.48. The van der Waals surface area contributed by atoms with Crippen LogP contribution in [0, 0.1) is 23.0 Å². The minimum absolute atomic E-state index is 0.00275. The van der Waals surface area contributed by atoms with Gasteiger partial charge in [-0.3, -0.25) is 4.79 Å². The van der Waals surface area contributed by atoms with Crippen molar-refractivity contribution in [1.29, 1.82) is 0 Å². The highest BCUT2D eigenvalue weighted by molar-refractivity contribution is 6.31. The zero-order chi connectivity index (χ0) is 20.3. The monoisotopic (exact) mass is 419 g/mol. The second kappa shape index (κ2) is 6.50. The Morgan fingerprint density at radius 1 is 1.25 bits per heavy atom. The van der Waals surface area contributed by atoms with Gasteiger partial charge in [-0.2, -0.15) is 0 Å². The van der Waals surface area contributed by atoms with Gasteiger partial charge in [-0.15, -0.1) is 0 Å². The third kappa shape index (κ3) is 3.29. The first-order valence-corrected chi connectivity index (χ1v) is 9.33. The van der Waals surface area contributed by atoms with Crippen LogP contribution < -0.4 is 16.0 Å². The number of hydrogen-bond donors (Lipinski definition) is 3. The highest BCUT2D eigenvalue weighted by atomic mass is 35.5. The van der Waals surface area contributed by atoms with E-state index in [1.807, 2.05) is 0 Å². The smallest absolute Gasteiger partial charge is 0.315 e. The Labute approximate surface area is 163 Å². The molecule has 1 aromatic rings. The van der Waals surface area contributed by atoms with Crippen LogP contribution in [0.5, 0.6) is 0 Å². The molecule has 1 heterocycles. The van der Waals surface area contributed by atoms with Gasteiger partial charge < -0.3 is 16.0 Å². The van der Waals surface area contributed by atoms with Gasteiger partial charge in [0.15, 0.2) is 0 Å². The van der Waals surface area contributed by atoms with Crippen LogP contribution in [0.1, 0.15) is 37.3 Å². The van der Waals surface area contributed by atoms with E-state index in [0.29, 0.717) is 12.8 Å². The maximum absolute atomic E-state index is 14.6. The summed E-state index contributed by atoms with van der Waals surface area (Å²) in [4.78, 5) is 23.8. The molecule has 0 unspecified atom stereocenters. The highest BCUT2D eigenvalue weighted by Gasteiger charge is 2.63. The van der Waals surface area contributed by atoms with E-state index < -0.39 is 52.0 Å². The van der Waals surface area contributed by atoms with Gasteiger partial charge in [-0.1, -0.05) is 17.7 Å². The first-order chi connectivity index (χ1) is 13.1. The minimum atomic E-state index is -2.67. The molecule has 2 saturated carbocycles. The molecule has 4 rings (SSSR count). The van der Waals surface area contributed by atoms with Gasteiger partial charge in [0, 0.05) is 24.9 Å². The normalized spacial score (nSPS) is 26.0. The molecule has 2 atom stereocenters. The third-order valence-corrected chi connectivity index (χ3v) is 6.26. The van der Waals surface area contributed by atoms with E-state index in [1.165, 1.54) is 6.07 Å². The fourth-order valence-corrected chi connectivity index (χ4v) is 4.89. The maximum Gasteiger partial charge on any atom is 0.315 e. The molecule has 0 bridgehead atoms. The second-order valence-corrected chi connectivity index (χ2v) is 8.41. The molecule has 152 valence electrons. The minimum Gasteiger partial charge on any atom is -0.347 e. The molecule has 0 aromatic heterocycles. The molecule has 5 nitrogen and oxygen atoms in total. The van der Waals surface area contributed by atoms with Crippen LogP contribution >= 0.6 is 11.6 Å². The molecular weight excluding hydrogens is 402 g/mol. The number of rotatable bonds is 4. The number of halogens is 5. The quantitative estimate of drug-likeness (QED) is 0.518. The van der Waals surface area contributed by atoms with Gasteiger partial charge in [0.05, 0.1) is 6.04 Å². The maximum atomic E-state index is 14.6. The van der Waals surface area contributed by atoms with Gasteiger partial charge in [0.25, 0.3) is 0 Å². The van der Waals surface area contributed by atoms with Crippen LogP contribution in [-0.2, 0) is 4.79 Å². The molecule has 2 aliphatic carbocycles. The Morgan fingerprint density at radius 2 is 1.93 bits per heavy atom. The average molecular weight is 420 g/mol. The third-order valence-electron chi connectivity index (χ3n) is 5.92. The summed E-state index contributed by atoms with van der Waals surface area (Å²) in [7, 11) is 0. The molecular formula is C18H18ClF4N3O2. The Morgan fingerprint density at radius 3 is 2.50 bits per heavy atom. The molecule has 0 radical (unpaired) electrons. The average Bonchev–Trinajstić information content (AvgIpc) is 3.00. The number of carbonyl (C=O) groups excluding carboxylic acids is 2. The number of nitrogens with one attached hydrogen (secondary N) is 3. The van der Waals surface area contributed by atoms with Crippen molar-refractivity contribution in [3.05, 3.63) is 34.4 Å². The van der Waals surface area contributed by atoms with Crippen molar-refractivity contribution in [2.45, 2.75) is 43.7 Å². The van der Waals surface area contributed by atoms with E-state index in [4.69, 9.17) is 11.6 Å². The van der Waals surface area contributed by atoms with Gasteiger partial charge in [-0.25, -0.2) is 22.4 Å². The molecule has 28 heavy (non-hydrogen) atoms. The molecule has 1 saturated heterocycles. The van der Waals surface area contributed by atoms with Crippen molar-refractivity contribution in [1.82, 2.24) is 16.0 Å². The van der Waals surface area contributed by atoms with Crippen LogP contribution in [-0.4, -0.2) is 30.4 Å². The largest absolute Gasteiger partial charge is 0.347 e. The summed E-state index contributed by atoms with van der Waals surface area (Å²) in [5.41, 5.74) is -0.483. The molecule has 3 fully saturated rings. The molecule has 10 heteroatoms. The Bertz CT molecular complexity index is 834. The molecule has 1 aromatic carbocycles. The van der Waals surface area contributed by atoms with Crippen molar-refractivity contribution in [2.75, 3.05) is 6.54 Å². The predicted octanol–water partition coefficient (Wildman–Crippen LogP) is 3.28. The highest BCUT2D eigenvalue weighted by Crippen LogP contribution is 2.66. The lowest BCUT2D eigenvalue weighted by Crippen LogP contribution is -2.57. The summed E-state index contributed by atoms with van der Waals surface area (Å²) in [6.45, 7) is 0.0743. The Hall–Kier alpha value is -2.03. The Balaban J connectivity index is 1.55. The SMILES string of the molecule is O=C1NC[C@@H](C(=O)N[C@@H](c2ccc(F)c(Cl)c2F)C2CC3(C2)CC(F)(F)C3)N1. The number of urea groups is 1. The number of alkyl halides is 2. The van der Waals surface area contributed by atoms with Gasteiger partial charge in [0.2, 0.25) is 11.8 Å². The summed E-state index contributed by atoms with van der Waals surface area (Å²) in [6.07, 6.45) is 0.368. The van der Waals surface area contributed by atoms with E-state index >= 15 is 0 Å². The van der Waals surface area contributed by atoms with Gasteiger partial charge in [-0.05, 0) is 30.2 Å². The van der Waals surface area contributed by atoms with Crippen LogP contribution in [0.2, 0.25) is 5.02 Å². The fourth-order valence-electron chi connectivity index (χ4n) is 4.72. The van der Waals surface area contributed by atoms with Crippen molar-refractivity contribution < 1.29 is 27.2 Å². The summed E-state index contributed by atoms with van der Waals surface area (Å²) >= 11 is 5.68.